The maximum absolute atomic E-state index is 11.9. The summed E-state index contributed by atoms with van der Waals surface area (Å²) in [6, 6.07) is 5.76. The maximum Gasteiger partial charge on any atom is 0.412 e. The molecule has 1 heterocycles. The van der Waals surface area contributed by atoms with Crippen molar-refractivity contribution in [3.63, 3.8) is 0 Å². The first-order valence-corrected chi connectivity index (χ1v) is 7.24. The van der Waals surface area contributed by atoms with Crippen LogP contribution in [-0.2, 0) is 11.3 Å². The Hall–Kier alpha value is -3.07. The zero-order valence-electron chi connectivity index (χ0n) is 13.3. The number of rotatable bonds is 6. The van der Waals surface area contributed by atoms with Crippen molar-refractivity contribution in [2.45, 2.75) is 6.61 Å². The van der Waals surface area contributed by atoms with E-state index in [1.54, 1.807) is 0 Å². The van der Waals surface area contributed by atoms with E-state index in [9.17, 15) is 9.59 Å². The smallest absolute Gasteiger partial charge is 0.412 e. The molecule has 1 aromatic carbocycles. The molecule has 0 spiro atoms. The summed E-state index contributed by atoms with van der Waals surface area (Å²) in [6.45, 7) is -0.275. The monoisotopic (exact) mass is 367 g/mol. The standard InChI is InChI=1S/C15H14ClN3O6/c1-23-11-6-12(24-2)19-10(18-11)7-25-15(22)17-9-5-3-4-8(16)13(9)14(20)21/h3-6H,7H2,1-2H3,(H,17,22)(H,20,21). The van der Waals surface area contributed by atoms with Crippen molar-refractivity contribution < 1.29 is 28.9 Å². The number of benzene rings is 1. The molecule has 10 heteroatoms. The number of ether oxygens (including phenoxy) is 3. The first kappa shape index (κ1) is 18.3. The van der Waals surface area contributed by atoms with Crippen molar-refractivity contribution in [1.82, 2.24) is 9.97 Å². The highest BCUT2D eigenvalue weighted by Gasteiger charge is 2.17. The lowest BCUT2D eigenvalue weighted by molar-refractivity contribution is 0.0698. The fraction of sp³-hybridized carbons (Fsp3) is 0.200. The van der Waals surface area contributed by atoms with Crippen LogP contribution >= 0.6 is 11.6 Å². The van der Waals surface area contributed by atoms with E-state index in [-0.39, 0.29) is 40.5 Å². The minimum absolute atomic E-state index is 0.00818. The molecule has 25 heavy (non-hydrogen) atoms. The predicted octanol–water partition coefficient (Wildman–Crippen LogP) is 2.59. The molecule has 0 fully saturated rings. The topological polar surface area (TPSA) is 120 Å². The molecular weight excluding hydrogens is 354 g/mol. The van der Waals surface area contributed by atoms with E-state index in [1.807, 2.05) is 0 Å². The maximum atomic E-state index is 11.9. The van der Waals surface area contributed by atoms with Crippen molar-refractivity contribution in [2.75, 3.05) is 19.5 Å². The van der Waals surface area contributed by atoms with Gasteiger partial charge in [-0.25, -0.2) is 9.59 Å². The number of amides is 1. The van der Waals surface area contributed by atoms with Crippen LogP contribution in [0.25, 0.3) is 0 Å². The number of carbonyl (C=O) groups is 2. The van der Waals surface area contributed by atoms with E-state index in [0.717, 1.165) is 0 Å². The van der Waals surface area contributed by atoms with Crippen LogP contribution in [0.15, 0.2) is 24.3 Å². The van der Waals surface area contributed by atoms with E-state index in [2.05, 4.69) is 15.3 Å². The van der Waals surface area contributed by atoms with Crippen molar-refractivity contribution in [1.29, 1.82) is 0 Å². The summed E-state index contributed by atoms with van der Waals surface area (Å²) in [5.74, 6) is -0.639. The van der Waals surface area contributed by atoms with E-state index in [1.165, 1.54) is 38.5 Å². The van der Waals surface area contributed by atoms with Gasteiger partial charge < -0.3 is 19.3 Å². The van der Waals surface area contributed by atoms with Crippen molar-refractivity contribution in [2.24, 2.45) is 0 Å². The molecule has 2 N–H and O–H groups in total. The van der Waals surface area contributed by atoms with Gasteiger partial charge in [-0.05, 0) is 12.1 Å². The molecule has 0 bridgehead atoms. The Balaban J connectivity index is 2.07. The number of nitrogens with zero attached hydrogens (tertiary/aromatic N) is 2. The van der Waals surface area contributed by atoms with Gasteiger partial charge >= 0.3 is 12.1 Å². The van der Waals surface area contributed by atoms with Gasteiger partial charge in [0.25, 0.3) is 0 Å². The van der Waals surface area contributed by atoms with Gasteiger partial charge in [0, 0.05) is 0 Å². The van der Waals surface area contributed by atoms with Crippen LogP contribution < -0.4 is 14.8 Å². The van der Waals surface area contributed by atoms with Gasteiger partial charge in [0.1, 0.15) is 5.56 Å². The Morgan fingerprint density at radius 1 is 1.20 bits per heavy atom. The van der Waals surface area contributed by atoms with Gasteiger partial charge in [-0.15, -0.1) is 0 Å². The molecule has 0 aliphatic rings. The lowest BCUT2D eigenvalue weighted by Gasteiger charge is -2.10. The number of aromatic nitrogens is 2. The van der Waals surface area contributed by atoms with Crippen molar-refractivity contribution in [3.05, 3.63) is 40.7 Å². The Morgan fingerprint density at radius 3 is 2.40 bits per heavy atom. The second-order valence-corrected chi connectivity index (χ2v) is 4.94. The van der Waals surface area contributed by atoms with Gasteiger partial charge in [0.2, 0.25) is 11.8 Å². The summed E-state index contributed by atoms with van der Waals surface area (Å²) in [7, 11) is 2.84. The summed E-state index contributed by atoms with van der Waals surface area (Å²) in [4.78, 5) is 31.1. The fourth-order valence-corrected chi connectivity index (χ4v) is 2.10. The van der Waals surface area contributed by atoms with Gasteiger partial charge in [0.05, 0.1) is 31.0 Å². The predicted molar refractivity (Wildman–Crippen MR) is 87.4 cm³/mol. The van der Waals surface area contributed by atoms with Crippen LogP contribution in [0.5, 0.6) is 11.8 Å². The van der Waals surface area contributed by atoms with E-state index >= 15 is 0 Å². The zero-order chi connectivity index (χ0) is 18.4. The second kappa shape index (κ2) is 8.15. The molecule has 0 aliphatic heterocycles. The summed E-state index contributed by atoms with van der Waals surface area (Å²) < 4.78 is 15.0. The van der Waals surface area contributed by atoms with Gasteiger partial charge in [0.15, 0.2) is 12.4 Å². The van der Waals surface area contributed by atoms with Crippen LogP contribution in [0.2, 0.25) is 5.02 Å². The van der Waals surface area contributed by atoms with Crippen LogP contribution in [0, 0.1) is 0 Å². The summed E-state index contributed by atoms with van der Waals surface area (Å²) in [5.41, 5.74) is -0.227. The molecule has 1 amide bonds. The Labute approximate surface area is 147 Å². The zero-order valence-corrected chi connectivity index (χ0v) is 14.0. The van der Waals surface area contributed by atoms with E-state index in [0.29, 0.717) is 0 Å². The quantitative estimate of drug-likeness (QED) is 0.799. The molecule has 2 rings (SSSR count). The second-order valence-electron chi connectivity index (χ2n) is 4.54. The molecule has 0 radical (unpaired) electrons. The number of carboxylic acids is 1. The number of carboxylic acid groups (broad SMARTS) is 1. The number of halogens is 1. The summed E-state index contributed by atoms with van der Waals surface area (Å²) in [6.07, 6.45) is -0.893. The Kier molecular flexibility index (Phi) is 5.96. The molecule has 1 aromatic heterocycles. The minimum atomic E-state index is -1.28. The molecule has 0 saturated heterocycles. The first-order valence-electron chi connectivity index (χ1n) is 6.86. The fourth-order valence-electron chi connectivity index (χ4n) is 1.85. The largest absolute Gasteiger partial charge is 0.481 e. The highest BCUT2D eigenvalue weighted by Crippen LogP contribution is 2.24. The first-order chi connectivity index (χ1) is 11.9. The number of nitrogens with one attached hydrogen (secondary N) is 1. The molecule has 9 nitrogen and oxygen atoms in total. The Bertz CT molecular complexity index is 777. The minimum Gasteiger partial charge on any atom is -0.481 e. The summed E-state index contributed by atoms with van der Waals surface area (Å²) in [5, 5.41) is 11.5. The van der Waals surface area contributed by atoms with Crippen molar-refractivity contribution >= 4 is 29.4 Å². The molecule has 0 saturated carbocycles. The third-order valence-electron chi connectivity index (χ3n) is 2.94. The Morgan fingerprint density at radius 2 is 1.84 bits per heavy atom. The number of carbonyl (C=O) groups excluding carboxylic acids is 1. The van der Waals surface area contributed by atoms with Crippen LogP contribution in [-0.4, -0.2) is 41.4 Å². The average molecular weight is 368 g/mol. The molecule has 0 atom stereocenters. The third kappa shape index (κ3) is 4.70. The molecule has 2 aromatic rings. The van der Waals surface area contributed by atoms with Gasteiger partial charge in [-0.3, -0.25) is 5.32 Å². The van der Waals surface area contributed by atoms with Gasteiger partial charge in [-0.2, -0.15) is 9.97 Å². The number of hydrogen-bond acceptors (Lipinski definition) is 7. The molecular formula is C15H14ClN3O6. The molecule has 0 unspecified atom stereocenters. The summed E-state index contributed by atoms with van der Waals surface area (Å²) >= 11 is 5.83. The van der Waals surface area contributed by atoms with Crippen LogP contribution in [0.4, 0.5) is 10.5 Å². The highest BCUT2D eigenvalue weighted by molar-refractivity contribution is 6.34. The molecule has 0 aliphatic carbocycles. The van der Waals surface area contributed by atoms with Crippen molar-refractivity contribution in [3.8, 4) is 11.8 Å². The highest BCUT2D eigenvalue weighted by atomic mass is 35.5. The number of anilines is 1. The van der Waals surface area contributed by atoms with Crippen LogP contribution in [0.1, 0.15) is 16.2 Å². The normalized spacial score (nSPS) is 10.0. The number of aromatic carboxylic acids is 1. The lowest BCUT2D eigenvalue weighted by Crippen LogP contribution is -2.17. The molecule has 132 valence electrons. The van der Waals surface area contributed by atoms with E-state index < -0.39 is 12.1 Å². The SMILES string of the molecule is COc1cc(OC)nc(COC(=O)Nc2cccc(Cl)c2C(=O)O)n1. The van der Waals surface area contributed by atoms with Gasteiger partial charge in [-0.1, -0.05) is 17.7 Å². The van der Waals surface area contributed by atoms with Crippen LogP contribution in [0.3, 0.4) is 0 Å². The number of methoxy groups -OCH3 is 2. The van der Waals surface area contributed by atoms with E-state index in [4.69, 9.17) is 30.9 Å². The average Bonchev–Trinajstić information content (AvgIpc) is 2.59. The lowest BCUT2D eigenvalue weighted by atomic mass is 10.2. The third-order valence-corrected chi connectivity index (χ3v) is 3.26. The number of hydrogen-bond donors (Lipinski definition) is 2.